The zero-order valence-electron chi connectivity index (χ0n) is 17.9. The van der Waals surface area contributed by atoms with E-state index in [0.29, 0.717) is 36.6 Å². The Balaban J connectivity index is 1.46. The van der Waals surface area contributed by atoms with E-state index in [2.05, 4.69) is 34.1 Å². The maximum absolute atomic E-state index is 6.05. The van der Waals surface area contributed by atoms with E-state index in [1.807, 2.05) is 41.6 Å². The Kier molecular flexibility index (Phi) is 6.48. The van der Waals surface area contributed by atoms with Crippen LogP contribution in [0.4, 0.5) is 5.69 Å². The SMILES string of the molecule is [CH2]c1cc(OC)c(OCc2ccc(OC)nc2)cc1N1C=CN(C#CC2CCNC2)C1. The summed E-state index contributed by atoms with van der Waals surface area (Å²) in [6, 6.07) is 10.8. The monoisotopic (exact) mass is 419 g/mol. The molecule has 1 aromatic heterocycles. The van der Waals surface area contributed by atoms with Crippen LogP contribution in [0.1, 0.15) is 17.5 Å². The van der Waals surface area contributed by atoms with Crippen LogP contribution in [0.3, 0.4) is 0 Å². The van der Waals surface area contributed by atoms with E-state index in [0.717, 1.165) is 36.3 Å². The number of methoxy groups -OCH3 is 2. The number of pyridine rings is 1. The van der Waals surface area contributed by atoms with Crippen molar-refractivity contribution in [2.75, 3.05) is 38.9 Å². The van der Waals surface area contributed by atoms with E-state index in [1.54, 1.807) is 20.4 Å². The molecule has 4 rings (SSSR count). The Morgan fingerprint density at radius 1 is 1.19 bits per heavy atom. The van der Waals surface area contributed by atoms with Crippen molar-refractivity contribution in [3.05, 3.63) is 60.9 Å². The Bertz CT molecular complexity index is 988. The summed E-state index contributed by atoms with van der Waals surface area (Å²) in [6.45, 7) is 7.22. The molecule has 1 radical (unpaired) electrons. The van der Waals surface area contributed by atoms with Gasteiger partial charge in [0.25, 0.3) is 0 Å². The molecule has 0 aliphatic carbocycles. The van der Waals surface area contributed by atoms with Gasteiger partial charge in [0.05, 0.1) is 14.2 Å². The van der Waals surface area contributed by atoms with E-state index < -0.39 is 0 Å². The fourth-order valence-electron chi connectivity index (χ4n) is 3.51. The molecule has 2 aliphatic rings. The summed E-state index contributed by atoms with van der Waals surface area (Å²) < 4.78 is 16.7. The van der Waals surface area contributed by atoms with Crippen molar-refractivity contribution < 1.29 is 14.2 Å². The first-order valence-corrected chi connectivity index (χ1v) is 10.3. The highest BCUT2D eigenvalue weighted by atomic mass is 16.5. The molecule has 31 heavy (non-hydrogen) atoms. The third-order valence-electron chi connectivity index (χ3n) is 5.28. The van der Waals surface area contributed by atoms with Gasteiger partial charge in [0.2, 0.25) is 5.88 Å². The fourth-order valence-corrected chi connectivity index (χ4v) is 3.51. The van der Waals surface area contributed by atoms with E-state index in [4.69, 9.17) is 14.2 Å². The summed E-state index contributed by atoms with van der Waals surface area (Å²) in [6.07, 6.45) is 6.85. The molecule has 7 heteroatoms. The first-order valence-electron chi connectivity index (χ1n) is 10.3. The van der Waals surface area contributed by atoms with Crippen LogP contribution >= 0.6 is 0 Å². The molecule has 0 saturated carbocycles. The van der Waals surface area contributed by atoms with Gasteiger partial charge in [0.1, 0.15) is 13.3 Å². The number of benzene rings is 1. The lowest BCUT2D eigenvalue weighted by Gasteiger charge is -2.22. The van der Waals surface area contributed by atoms with Gasteiger partial charge in [-0.2, -0.15) is 0 Å². The molecule has 1 N–H and O–H groups in total. The first-order chi connectivity index (χ1) is 15.2. The number of hydrogen-bond acceptors (Lipinski definition) is 7. The van der Waals surface area contributed by atoms with Crippen LogP contribution < -0.4 is 24.4 Å². The highest BCUT2D eigenvalue weighted by molar-refractivity contribution is 5.65. The van der Waals surface area contributed by atoms with E-state index in [9.17, 15) is 0 Å². The molecule has 3 heterocycles. The summed E-state index contributed by atoms with van der Waals surface area (Å²) in [5, 5.41) is 3.34. The molecule has 1 saturated heterocycles. The molecule has 0 amide bonds. The molecule has 2 aliphatic heterocycles. The molecule has 1 fully saturated rings. The summed E-state index contributed by atoms with van der Waals surface area (Å²) in [5.74, 6) is 5.64. The molecular formula is C24H27N4O3. The zero-order valence-corrected chi connectivity index (χ0v) is 17.9. The van der Waals surface area contributed by atoms with Crippen LogP contribution in [0.25, 0.3) is 0 Å². The quantitative estimate of drug-likeness (QED) is 0.723. The third kappa shape index (κ3) is 5.04. The molecule has 1 aromatic carbocycles. The minimum atomic E-state index is 0.367. The van der Waals surface area contributed by atoms with Gasteiger partial charge in [-0.3, -0.25) is 4.90 Å². The van der Waals surface area contributed by atoms with Crippen molar-refractivity contribution >= 4 is 5.69 Å². The van der Waals surface area contributed by atoms with Gasteiger partial charge in [-0.1, -0.05) is 5.92 Å². The molecule has 1 unspecified atom stereocenters. The van der Waals surface area contributed by atoms with Gasteiger partial charge in [-0.05, 0) is 37.6 Å². The largest absolute Gasteiger partial charge is 0.493 e. The second kappa shape index (κ2) is 9.63. The standard InChI is InChI=1S/C24H27N4O3/c1-18-12-22(29-2)23(31-16-20-4-5-24(30-3)26-15-20)13-21(18)28-11-10-27(17-28)9-7-19-6-8-25-14-19/h4-5,10-13,15,19,25H,1,6,8,14,16-17H2,2-3H3. The second-order valence-electron chi connectivity index (χ2n) is 7.45. The van der Waals surface area contributed by atoms with Crippen molar-refractivity contribution in [2.24, 2.45) is 5.92 Å². The van der Waals surface area contributed by atoms with Crippen molar-refractivity contribution in [1.82, 2.24) is 15.2 Å². The number of ether oxygens (including phenoxy) is 3. The Hall–Kier alpha value is -3.37. The lowest BCUT2D eigenvalue weighted by atomic mass is 10.1. The van der Waals surface area contributed by atoms with Crippen LogP contribution in [-0.4, -0.2) is 43.9 Å². The van der Waals surface area contributed by atoms with Crippen molar-refractivity contribution in [3.63, 3.8) is 0 Å². The predicted molar refractivity (Wildman–Crippen MR) is 120 cm³/mol. The summed E-state index contributed by atoms with van der Waals surface area (Å²) in [7, 11) is 3.22. The van der Waals surface area contributed by atoms with Gasteiger partial charge >= 0.3 is 0 Å². The molecular weight excluding hydrogens is 392 g/mol. The van der Waals surface area contributed by atoms with E-state index in [1.165, 1.54) is 0 Å². The minimum absolute atomic E-state index is 0.367. The van der Waals surface area contributed by atoms with Crippen LogP contribution in [0.2, 0.25) is 0 Å². The molecule has 0 spiro atoms. The first kappa shape index (κ1) is 20.9. The Morgan fingerprint density at radius 2 is 2.10 bits per heavy atom. The lowest BCUT2D eigenvalue weighted by molar-refractivity contribution is 0.284. The lowest BCUT2D eigenvalue weighted by Crippen LogP contribution is -2.22. The minimum Gasteiger partial charge on any atom is -0.493 e. The Morgan fingerprint density at radius 3 is 2.81 bits per heavy atom. The highest BCUT2D eigenvalue weighted by Crippen LogP contribution is 2.36. The van der Waals surface area contributed by atoms with Gasteiger partial charge in [-0.15, -0.1) is 0 Å². The summed E-state index contributed by atoms with van der Waals surface area (Å²) >= 11 is 0. The number of aromatic nitrogens is 1. The molecule has 161 valence electrons. The van der Waals surface area contributed by atoms with Crippen LogP contribution in [0, 0.1) is 24.8 Å². The van der Waals surface area contributed by atoms with Crippen molar-refractivity contribution in [1.29, 1.82) is 0 Å². The molecule has 1 atom stereocenters. The number of nitrogens with one attached hydrogen (secondary N) is 1. The van der Waals surface area contributed by atoms with Crippen molar-refractivity contribution in [2.45, 2.75) is 13.0 Å². The van der Waals surface area contributed by atoms with Gasteiger partial charge in [0, 0.05) is 60.5 Å². The van der Waals surface area contributed by atoms with E-state index in [-0.39, 0.29) is 0 Å². The number of hydrogen-bond donors (Lipinski definition) is 1. The van der Waals surface area contributed by atoms with Crippen LogP contribution in [0.15, 0.2) is 42.9 Å². The molecule has 0 bridgehead atoms. The maximum atomic E-state index is 6.05. The van der Waals surface area contributed by atoms with Crippen molar-refractivity contribution in [3.8, 4) is 29.3 Å². The van der Waals surface area contributed by atoms with Gasteiger partial charge in [0.15, 0.2) is 11.5 Å². The fraction of sp³-hybridized carbons (Fsp3) is 0.333. The molecule has 7 nitrogen and oxygen atoms in total. The smallest absolute Gasteiger partial charge is 0.212 e. The topological polar surface area (TPSA) is 59.1 Å². The zero-order chi connectivity index (χ0) is 21.6. The average molecular weight is 420 g/mol. The van der Waals surface area contributed by atoms with Crippen LogP contribution in [0.5, 0.6) is 17.4 Å². The van der Waals surface area contributed by atoms with E-state index >= 15 is 0 Å². The number of rotatable bonds is 6. The van der Waals surface area contributed by atoms with Gasteiger partial charge < -0.3 is 24.4 Å². The second-order valence-corrected chi connectivity index (χ2v) is 7.45. The number of nitrogens with zero attached hydrogens (tertiary/aromatic N) is 3. The third-order valence-corrected chi connectivity index (χ3v) is 5.28. The summed E-state index contributed by atoms with van der Waals surface area (Å²) in [5.41, 5.74) is 2.74. The normalized spacial score (nSPS) is 17.5. The molecule has 2 aromatic rings. The highest BCUT2D eigenvalue weighted by Gasteiger charge is 2.19. The predicted octanol–water partition coefficient (Wildman–Crippen LogP) is 2.98. The summed E-state index contributed by atoms with van der Waals surface area (Å²) in [4.78, 5) is 8.31. The average Bonchev–Trinajstić information content (AvgIpc) is 3.49. The number of anilines is 1. The van der Waals surface area contributed by atoms with Gasteiger partial charge in [-0.25, -0.2) is 4.98 Å². The maximum Gasteiger partial charge on any atom is 0.212 e. The van der Waals surface area contributed by atoms with Crippen LogP contribution in [-0.2, 0) is 6.61 Å². The Labute approximate surface area is 183 Å².